The van der Waals surface area contributed by atoms with Crippen molar-refractivity contribution >= 4 is 11.8 Å². The minimum absolute atomic E-state index is 0.0328. The molecule has 0 aromatic heterocycles. The summed E-state index contributed by atoms with van der Waals surface area (Å²) in [6.07, 6.45) is 2.93. The average Bonchev–Trinajstić information content (AvgIpc) is 3.04. The first-order valence-electron chi connectivity index (χ1n) is 6.29. The summed E-state index contributed by atoms with van der Waals surface area (Å²) >= 11 is 0. The van der Waals surface area contributed by atoms with Gasteiger partial charge < -0.3 is 15.0 Å². The molecule has 5 heteroatoms. The molecule has 17 heavy (non-hydrogen) atoms. The third-order valence-electron chi connectivity index (χ3n) is 4.09. The van der Waals surface area contributed by atoms with Crippen molar-refractivity contribution in [3.05, 3.63) is 0 Å². The second-order valence-electron chi connectivity index (χ2n) is 5.61. The molecule has 0 bridgehead atoms. The zero-order valence-electron chi connectivity index (χ0n) is 10.1. The van der Waals surface area contributed by atoms with Gasteiger partial charge in [0.25, 0.3) is 0 Å². The molecule has 1 saturated carbocycles. The number of carbonyl (C=O) groups excluding carboxylic acids is 2. The van der Waals surface area contributed by atoms with Gasteiger partial charge in [-0.25, -0.2) is 0 Å². The zero-order valence-corrected chi connectivity index (χ0v) is 10.1. The van der Waals surface area contributed by atoms with Crippen LogP contribution in [0.25, 0.3) is 0 Å². The van der Waals surface area contributed by atoms with Crippen LogP contribution in [0.3, 0.4) is 0 Å². The van der Waals surface area contributed by atoms with Crippen LogP contribution in [0.5, 0.6) is 0 Å². The van der Waals surface area contributed by atoms with Crippen molar-refractivity contribution in [3.63, 3.8) is 0 Å². The first kappa shape index (κ1) is 11.0. The lowest BCUT2D eigenvalue weighted by atomic mass is 9.95. The van der Waals surface area contributed by atoms with E-state index in [9.17, 15) is 9.59 Å². The molecule has 1 aliphatic carbocycles. The van der Waals surface area contributed by atoms with Crippen LogP contribution in [0.4, 0.5) is 0 Å². The first-order chi connectivity index (χ1) is 8.10. The Kier molecular flexibility index (Phi) is 2.40. The molecule has 1 N–H and O–H groups in total. The van der Waals surface area contributed by atoms with E-state index in [2.05, 4.69) is 5.32 Å². The van der Waals surface area contributed by atoms with Gasteiger partial charge in [0.1, 0.15) is 12.6 Å². The van der Waals surface area contributed by atoms with Crippen molar-refractivity contribution in [1.82, 2.24) is 10.2 Å². The predicted molar refractivity (Wildman–Crippen MR) is 60.2 cm³/mol. The molecule has 3 aliphatic rings. The maximum atomic E-state index is 12.4. The SMILES string of the molecule is CC1(N2CC(=O)NC(C3CC3)C2=O)CCOC1. The van der Waals surface area contributed by atoms with Gasteiger partial charge in [0.05, 0.1) is 12.1 Å². The molecule has 2 heterocycles. The molecule has 2 saturated heterocycles. The van der Waals surface area contributed by atoms with E-state index < -0.39 is 0 Å². The highest BCUT2D eigenvalue weighted by atomic mass is 16.5. The van der Waals surface area contributed by atoms with E-state index in [1.807, 2.05) is 6.92 Å². The van der Waals surface area contributed by atoms with E-state index in [-0.39, 0.29) is 29.9 Å². The normalized spacial score (nSPS) is 38.4. The van der Waals surface area contributed by atoms with E-state index in [0.29, 0.717) is 19.1 Å². The van der Waals surface area contributed by atoms with Gasteiger partial charge in [-0.15, -0.1) is 0 Å². The fourth-order valence-corrected chi connectivity index (χ4v) is 2.75. The van der Waals surface area contributed by atoms with Crippen LogP contribution in [-0.2, 0) is 14.3 Å². The predicted octanol–water partition coefficient (Wildman–Crippen LogP) is -0.0976. The molecule has 3 fully saturated rings. The number of rotatable bonds is 2. The topological polar surface area (TPSA) is 58.6 Å². The highest BCUT2D eigenvalue weighted by Gasteiger charge is 2.48. The van der Waals surface area contributed by atoms with Crippen LogP contribution in [0, 0.1) is 5.92 Å². The summed E-state index contributed by atoms with van der Waals surface area (Å²) in [5.41, 5.74) is -0.290. The van der Waals surface area contributed by atoms with Crippen molar-refractivity contribution in [3.8, 4) is 0 Å². The fraction of sp³-hybridized carbons (Fsp3) is 0.833. The Morgan fingerprint density at radius 1 is 1.41 bits per heavy atom. The van der Waals surface area contributed by atoms with Crippen LogP contribution in [-0.4, -0.2) is 48.1 Å². The minimum Gasteiger partial charge on any atom is -0.379 e. The molecule has 0 aromatic rings. The van der Waals surface area contributed by atoms with Gasteiger partial charge in [0.2, 0.25) is 11.8 Å². The molecule has 0 aromatic carbocycles. The maximum Gasteiger partial charge on any atom is 0.246 e. The van der Waals surface area contributed by atoms with Crippen molar-refractivity contribution < 1.29 is 14.3 Å². The summed E-state index contributed by atoms with van der Waals surface area (Å²) in [5, 5.41) is 2.83. The van der Waals surface area contributed by atoms with Crippen LogP contribution in [0.2, 0.25) is 0 Å². The van der Waals surface area contributed by atoms with Gasteiger partial charge in [-0.2, -0.15) is 0 Å². The Hall–Kier alpha value is -1.10. The lowest BCUT2D eigenvalue weighted by molar-refractivity contribution is -0.151. The third-order valence-corrected chi connectivity index (χ3v) is 4.09. The lowest BCUT2D eigenvalue weighted by Crippen LogP contribution is -2.65. The number of piperazine rings is 1. The smallest absolute Gasteiger partial charge is 0.246 e. The van der Waals surface area contributed by atoms with Gasteiger partial charge in [-0.3, -0.25) is 9.59 Å². The number of hydrogen-bond donors (Lipinski definition) is 1. The Morgan fingerprint density at radius 3 is 2.76 bits per heavy atom. The van der Waals surface area contributed by atoms with Gasteiger partial charge in [-0.05, 0) is 32.1 Å². The van der Waals surface area contributed by atoms with E-state index in [0.717, 1.165) is 19.3 Å². The van der Waals surface area contributed by atoms with E-state index in [4.69, 9.17) is 4.74 Å². The molecule has 5 nitrogen and oxygen atoms in total. The molecule has 2 amide bonds. The fourth-order valence-electron chi connectivity index (χ4n) is 2.75. The van der Waals surface area contributed by atoms with Crippen molar-refractivity contribution in [2.45, 2.75) is 37.8 Å². The second kappa shape index (κ2) is 3.70. The van der Waals surface area contributed by atoms with Crippen LogP contribution in [0.15, 0.2) is 0 Å². The molecular weight excluding hydrogens is 220 g/mol. The van der Waals surface area contributed by atoms with Crippen molar-refractivity contribution in [2.24, 2.45) is 5.92 Å². The third kappa shape index (κ3) is 1.82. The van der Waals surface area contributed by atoms with Gasteiger partial charge in [-0.1, -0.05) is 0 Å². The largest absolute Gasteiger partial charge is 0.379 e. The summed E-state index contributed by atoms with van der Waals surface area (Å²) < 4.78 is 5.38. The van der Waals surface area contributed by atoms with Gasteiger partial charge in [0, 0.05) is 6.61 Å². The van der Waals surface area contributed by atoms with Gasteiger partial charge >= 0.3 is 0 Å². The monoisotopic (exact) mass is 238 g/mol. The van der Waals surface area contributed by atoms with Crippen LogP contribution >= 0.6 is 0 Å². The Morgan fingerprint density at radius 2 is 2.18 bits per heavy atom. The Balaban J connectivity index is 1.82. The van der Waals surface area contributed by atoms with Crippen molar-refractivity contribution in [1.29, 1.82) is 0 Å². The quantitative estimate of drug-likeness (QED) is 0.731. The van der Waals surface area contributed by atoms with E-state index >= 15 is 0 Å². The van der Waals surface area contributed by atoms with Gasteiger partial charge in [0.15, 0.2) is 0 Å². The lowest BCUT2D eigenvalue weighted by Gasteiger charge is -2.42. The Labute approximate surface area is 100 Å². The number of ether oxygens (including phenoxy) is 1. The van der Waals surface area contributed by atoms with E-state index in [1.165, 1.54) is 0 Å². The standard InChI is InChI=1S/C12H18N2O3/c1-12(4-5-17-7-12)14-6-9(15)13-10(11(14)16)8-2-3-8/h8,10H,2-7H2,1H3,(H,13,15). The highest BCUT2D eigenvalue weighted by molar-refractivity contribution is 5.95. The number of carbonyl (C=O) groups is 2. The molecular formula is C12H18N2O3. The molecule has 0 radical (unpaired) electrons. The summed E-state index contributed by atoms with van der Waals surface area (Å²) in [6, 6.07) is -0.284. The summed E-state index contributed by atoms with van der Waals surface area (Å²) in [4.78, 5) is 25.9. The van der Waals surface area contributed by atoms with Crippen LogP contribution < -0.4 is 5.32 Å². The second-order valence-corrected chi connectivity index (χ2v) is 5.61. The molecule has 2 atom stereocenters. The number of hydrogen-bond acceptors (Lipinski definition) is 3. The first-order valence-corrected chi connectivity index (χ1v) is 6.29. The average molecular weight is 238 g/mol. The zero-order chi connectivity index (χ0) is 12.0. The Bertz CT molecular complexity index is 359. The van der Waals surface area contributed by atoms with Crippen LogP contribution in [0.1, 0.15) is 26.2 Å². The minimum atomic E-state index is -0.290. The molecule has 2 aliphatic heterocycles. The molecule has 0 spiro atoms. The molecule has 94 valence electrons. The molecule has 2 unspecified atom stereocenters. The maximum absolute atomic E-state index is 12.4. The van der Waals surface area contributed by atoms with E-state index in [1.54, 1.807) is 4.90 Å². The summed E-state index contributed by atoms with van der Waals surface area (Å²) in [5.74, 6) is 0.412. The number of nitrogens with zero attached hydrogens (tertiary/aromatic N) is 1. The van der Waals surface area contributed by atoms with Crippen molar-refractivity contribution in [2.75, 3.05) is 19.8 Å². The summed E-state index contributed by atoms with van der Waals surface area (Å²) in [6.45, 7) is 3.42. The highest BCUT2D eigenvalue weighted by Crippen LogP contribution is 2.36. The number of amides is 2. The number of nitrogens with one attached hydrogen (secondary N) is 1. The summed E-state index contributed by atoms with van der Waals surface area (Å²) in [7, 11) is 0. The molecule has 3 rings (SSSR count).